The van der Waals surface area contributed by atoms with Crippen LogP contribution < -0.4 is 15.4 Å². The van der Waals surface area contributed by atoms with Gasteiger partial charge in [0.1, 0.15) is 11.9 Å². The van der Waals surface area contributed by atoms with Gasteiger partial charge in [-0.1, -0.05) is 36.4 Å². The van der Waals surface area contributed by atoms with Crippen LogP contribution in [0.5, 0.6) is 5.75 Å². The molecule has 1 atom stereocenters. The van der Waals surface area contributed by atoms with Gasteiger partial charge in [0.05, 0.1) is 7.11 Å². The van der Waals surface area contributed by atoms with Crippen LogP contribution in [0.1, 0.15) is 17.3 Å². The summed E-state index contributed by atoms with van der Waals surface area (Å²) in [5.41, 5.74) is 3.62. The van der Waals surface area contributed by atoms with Crippen molar-refractivity contribution >= 4 is 5.69 Å². The molecule has 1 aliphatic heterocycles. The topological polar surface area (TPSA) is 33.3 Å². The second kappa shape index (κ2) is 4.70. The van der Waals surface area contributed by atoms with Crippen molar-refractivity contribution in [2.45, 2.75) is 12.7 Å². The van der Waals surface area contributed by atoms with Gasteiger partial charge >= 0.3 is 0 Å². The summed E-state index contributed by atoms with van der Waals surface area (Å²) < 4.78 is 5.41. The van der Waals surface area contributed by atoms with Gasteiger partial charge in [-0.15, -0.1) is 0 Å². The number of hydrogen-bond acceptors (Lipinski definition) is 3. The fourth-order valence-electron chi connectivity index (χ4n) is 2.33. The van der Waals surface area contributed by atoms with Crippen molar-refractivity contribution in [2.24, 2.45) is 0 Å². The summed E-state index contributed by atoms with van der Waals surface area (Å²) >= 11 is 0. The number of benzene rings is 2. The van der Waals surface area contributed by atoms with Crippen LogP contribution in [0.25, 0.3) is 0 Å². The first-order valence-corrected chi connectivity index (χ1v) is 6.09. The lowest BCUT2D eigenvalue weighted by molar-refractivity contribution is 0.401. The standard InChI is InChI=1S/C15H16N2O/c1-18-14-9-5-3-7-12(14)15-16-10-11-6-2-4-8-13(11)17-15/h2-9,15-17H,10H2,1H3. The van der Waals surface area contributed by atoms with Gasteiger partial charge in [-0.3, -0.25) is 5.32 Å². The number of ether oxygens (including phenoxy) is 1. The number of hydrogen-bond donors (Lipinski definition) is 2. The molecule has 3 heteroatoms. The molecule has 2 aromatic carbocycles. The molecule has 1 unspecified atom stereocenters. The average molecular weight is 240 g/mol. The van der Waals surface area contributed by atoms with Crippen LogP contribution in [0.3, 0.4) is 0 Å². The highest BCUT2D eigenvalue weighted by atomic mass is 16.5. The largest absolute Gasteiger partial charge is 0.496 e. The summed E-state index contributed by atoms with van der Waals surface area (Å²) in [4.78, 5) is 0. The third-order valence-corrected chi connectivity index (χ3v) is 3.26. The fraction of sp³-hybridized carbons (Fsp3) is 0.200. The third-order valence-electron chi connectivity index (χ3n) is 3.26. The maximum Gasteiger partial charge on any atom is 0.125 e. The molecule has 0 aliphatic carbocycles. The van der Waals surface area contributed by atoms with E-state index in [4.69, 9.17) is 4.74 Å². The molecule has 0 fully saturated rings. The van der Waals surface area contributed by atoms with E-state index in [1.54, 1.807) is 7.11 Å². The molecule has 0 amide bonds. The number of fused-ring (bicyclic) bond motifs is 1. The summed E-state index contributed by atoms with van der Waals surface area (Å²) in [6.45, 7) is 0.867. The minimum atomic E-state index is 0.0936. The second-order valence-corrected chi connectivity index (χ2v) is 4.36. The molecular weight excluding hydrogens is 224 g/mol. The molecule has 3 rings (SSSR count). The zero-order valence-corrected chi connectivity index (χ0v) is 10.3. The van der Waals surface area contributed by atoms with E-state index in [9.17, 15) is 0 Å². The van der Waals surface area contributed by atoms with E-state index < -0.39 is 0 Å². The lowest BCUT2D eigenvalue weighted by atomic mass is 10.1. The van der Waals surface area contributed by atoms with Crippen molar-refractivity contribution in [1.29, 1.82) is 0 Å². The van der Waals surface area contributed by atoms with Crippen molar-refractivity contribution in [3.63, 3.8) is 0 Å². The van der Waals surface area contributed by atoms with Crippen molar-refractivity contribution in [2.75, 3.05) is 12.4 Å². The van der Waals surface area contributed by atoms with E-state index in [0.29, 0.717) is 0 Å². The summed E-state index contributed by atoms with van der Waals surface area (Å²) in [6.07, 6.45) is 0.0936. The van der Waals surface area contributed by atoms with Crippen molar-refractivity contribution in [1.82, 2.24) is 5.32 Å². The first-order valence-electron chi connectivity index (χ1n) is 6.09. The Bertz CT molecular complexity index is 554. The van der Waals surface area contributed by atoms with Gasteiger partial charge in [0.15, 0.2) is 0 Å². The van der Waals surface area contributed by atoms with Crippen LogP contribution >= 0.6 is 0 Å². The molecule has 2 N–H and O–H groups in total. The SMILES string of the molecule is COc1ccccc1C1NCc2ccccc2N1. The van der Waals surface area contributed by atoms with E-state index in [1.807, 2.05) is 18.2 Å². The summed E-state index contributed by atoms with van der Waals surface area (Å²) in [5.74, 6) is 0.905. The van der Waals surface area contributed by atoms with Crippen LogP contribution in [0.4, 0.5) is 5.69 Å². The maximum atomic E-state index is 5.41. The molecule has 1 aliphatic rings. The summed E-state index contributed by atoms with van der Waals surface area (Å²) in [7, 11) is 1.70. The van der Waals surface area contributed by atoms with E-state index in [2.05, 4.69) is 41.0 Å². The smallest absolute Gasteiger partial charge is 0.125 e. The van der Waals surface area contributed by atoms with Gasteiger partial charge in [0, 0.05) is 17.8 Å². The van der Waals surface area contributed by atoms with Gasteiger partial charge in [-0.25, -0.2) is 0 Å². The number of methoxy groups -OCH3 is 1. The van der Waals surface area contributed by atoms with Gasteiger partial charge in [-0.2, -0.15) is 0 Å². The molecular formula is C15H16N2O. The summed E-state index contributed by atoms with van der Waals surface area (Å²) in [6, 6.07) is 16.4. The van der Waals surface area contributed by atoms with Crippen LogP contribution in [-0.4, -0.2) is 7.11 Å². The molecule has 0 saturated heterocycles. The van der Waals surface area contributed by atoms with Crippen LogP contribution in [0.15, 0.2) is 48.5 Å². The number of para-hydroxylation sites is 2. The van der Waals surface area contributed by atoms with Crippen molar-refractivity contribution < 1.29 is 4.74 Å². The molecule has 18 heavy (non-hydrogen) atoms. The Balaban J connectivity index is 1.92. The quantitative estimate of drug-likeness (QED) is 0.846. The monoisotopic (exact) mass is 240 g/mol. The van der Waals surface area contributed by atoms with E-state index in [1.165, 1.54) is 11.3 Å². The first kappa shape index (κ1) is 11.1. The molecule has 0 aromatic heterocycles. The summed E-state index contributed by atoms with van der Waals surface area (Å²) in [5, 5.41) is 6.97. The van der Waals surface area contributed by atoms with Gasteiger partial charge < -0.3 is 10.1 Å². The van der Waals surface area contributed by atoms with E-state index in [-0.39, 0.29) is 6.17 Å². The zero-order chi connectivity index (χ0) is 12.4. The van der Waals surface area contributed by atoms with E-state index >= 15 is 0 Å². The lowest BCUT2D eigenvalue weighted by Gasteiger charge is -2.29. The predicted octanol–water partition coefficient (Wildman–Crippen LogP) is 2.91. The number of rotatable bonds is 2. The van der Waals surface area contributed by atoms with Crippen LogP contribution in [0.2, 0.25) is 0 Å². The molecule has 0 bridgehead atoms. The number of nitrogens with one attached hydrogen (secondary N) is 2. The maximum absolute atomic E-state index is 5.41. The molecule has 0 spiro atoms. The van der Waals surface area contributed by atoms with Gasteiger partial charge in [0.2, 0.25) is 0 Å². The first-order chi connectivity index (χ1) is 8.88. The Morgan fingerprint density at radius 2 is 1.83 bits per heavy atom. The van der Waals surface area contributed by atoms with Gasteiger partial charge in [0.25, 0.3) is 0 Å². The zero-order valence-electron chi connectivity index (χ0n) is 10.3. The molecule has 2 aromatic rings. The molecule has 1 heterocycles. The Morgan fingerprint density at radius 1 is 1.06 bits per heavy atom. The number of anilines is 1. The van der Waals surface area contributed by atoms with Crippen molar-refractivity contribution in [3.8, 4) is 5.75 Å². The van der Waals surface area contributed by atoms with E-state index in [0.717, 1.165) is 17.9 Å². The fourth-order valence-corrected chi connectivity index (χ4v) is 2.33. The minimum Gasteiger partial charge on any atom is -0.496 e. The predicted molar refractivity (Wildman–Crippen MR) is 72.6 cm³/mol. The van der Waals surface area contributed by atoms with Gasteiger partial charge in [-0.05, 0) is 17.7 Å². The Hall–Kier alpha value is -2.00. The van der Waals surface area contributed by atoms with Crippen LogP contribution in [0, 0.1) is 0 Å². The Morgan fingerprint density at radius 3 is 2.72 bits per heavy atom. The lowest BCUT2D eigenvalue weighted by Crippen LogP contribution is -2.32. The third kappa shape index (κ3) is 1.93. The highest BCUT2D eigenvalue weighted by Gasteiger charge is 2.20. The molecule has 92 valence electrons. The average Bonchev–Trinajstić information content (AvgIpc) is 2.46. The molecule has 3 nitrogen and oxygen atoms in total. The highest BCUT2D eigenvalue weighted by Crippen LogP contribution is 2.30. The molecule has 0 saturated carbocycles. The normalized spacial score (nSPS) is 17.7. The molecule has 0 radical (unpaired) electrons. The second-order valence-electron chi connectivity index (χ2n) is 4.36. The highest BCUT2D eigenvalue weighted by molar-refractivity contribution is 5.55. The van der Waals surface area contributed by atoms with Crippen LogP contribution in [-0.2, 0) is 6.54 Å². The van der Waals surface area contributed by atoms with Crippen molar-refractivity contribution in [3.05, 3.63) is 59.7 Å². The minimum absolute atomic E-state index is 0.0936. The Labute approximate surface area is 107 Å². The Kier molecular flexibility index (Phi) is 2.90.